The van der Waals surface area contributed by atoms with Crippen LogP contribution in [0.1, 0.15) is 10.7 Å². The normalized spacial score (nSPS) is 10.2. The molecule has 0 atom stereocenters. The number of hydrogen-bond acceptors (Lipinski definition) is 8. The van der Waals surface area contributed by atoms with Crippen molar-refractivity contribution in [1.29, 1.82) is 0 Å². The van der Waals surface area contributed by atoms with E-state index < -0.39 is 4.92 Å². The van der Waals surface area contributed by atoms with Crippen LogP contribution < -0.4 is 10.6 Å². The van der Waals surface area contributed by atoms with Crippen LogP contribution in [0.2, 0.25) is 0 Å². The van der Waals surface area contributed by atoms with Crippen LogP contribution in [0, 0.1) is 17.0 Å². The second-order valence-corrected chi connectivity index (χ2v) is 4.61. The van der Waals surface area contributed by atoms with E-state index in [0.717, 1.165) is 10.7 Å². The molecule has 2 aromatic heterocycles. The van der Waals surface area contributed by atoms with Gasteiger partial charge in [0.1, 0.15) is 11.3 Å². The monoisotopic (exact) mass is 280 g/mol. The highest BCUT2D eigenvalue weighted by atomic mass is 32.1. The van der Waals surface area contributed by atoms with Crippen molar-refractivity contribution in [3.8, 4) is 0 Å². The zero-order valence-corrected chi connectivity index (χ0v) is 11.2. The highest BCUT2D eigenvalue weighted by Crippen LogP contribution is 2.28. The molecule has 2 heterocycles. The third kappa shape index (κ3) is 2.94. The Labute approximate surface area is 113 Å². The van der Waals surface area contributed by atoms with Crippen LogP contribution in [0.3, 0.4) is 0 Å². The molecule has 0 unspecified atom stereocenters. The summed E-state index contributed by atoms with van der Waals surface area (Å²) in [5, 5.41) is 19.4. The van der Waals surface area contributed by atoms with Crippen LogP contribution in [0.15, 0.2) is 11.7 Å². The molecule has 0 amide bonds. The molecule has 2 N–H and O–H groups in total. The van der Waals surface area contributed by atoms with Crippen LogP contribution in [0.4, 0.5) is 17.3 Å². The van der Waals surface area contributed by atoms with E-state index in [0.29, 0.717) is 6.54 Å². The van der Waals surface area contributed by atoms with E-state index in [1.54, 1.807) is 7.05 Å². The van der Waals surface area contributed by atoms with Crippen molar-refractivity contribution in [2.24, 2.45) is 0 Å². The Bertz CT molecular complexity index is 599. The second kappa shape index (κ2) is 5.57. The van der Waals surface area contributed by atoms with Gasteiger partial charge in [0.2, 0.25) is 11.6 Å². The lowest BCUT2D eigenvalue weighted by Gasteiger charge is -2.06. The van der Waals surface area contributed by atoms with Crippen molar-refractivity contribution in [3.63, 3.8) is 0 Å². The van der Waals surface area contributed by atoms with Crippen molar-refractivity contribution in [1.82, 2.24) is 15.0 Å². The Hall–Kier alpha value is -2.29. The van der Waals surface area contributed by atoms with Gasteiger partial charge in [-0.15, -0.1) is 11.3 Å². The predicted octanol–water partition coefficient (Wildman–Crippen LogP) is 1.80. The number of anilines is 2. The summed E-state index contributed by atoms with van der Waals surface area (Å²) in [4.78, 5) is 22.5. The molecule has 0 fully saturated rings. The van der Waals surface area contributed by atoms with Gasteiger partial charge in [0.15, 0.2) is 0 Å². The van der Waals surface area contributed by atoms with E-state index in [4.69, 9.17) is 0 Å². The van der Waals surface area contributed by atoms with E-state index in [-0.39, 0.29) is 17.3 Å². The standard InChI is InChI=1S/C10H12N6O2S/c1-6-4-19-7(15-6)3-12-10-8(16(17)18)9(11-2)13-5-14-10/h4-5H,3H2,1-2H3,(H2,11,12,13,14). The molecular formula is C10H12N6O2S. The van der Waals surface area contributed by atoms with E-state index in [1.807, 2.05) is 12.3 Å². The molecule has 9 heteroatoms. The number of hydrogen-bond donors (Lipinski definition) is 2. The van der Waals surface area contributed by atoms with Crippen molar-refractivity contribution in [3.05, 3.63) is 32.5 Å². The number of aromatic nitrogens is 3. The van der Waals surface area contributed by atoms with Gasteiger partial charge in [-0.2, -0.15) is 0 Å². The zero-order valence-electron chi connectivity index (χ0n) is 10.4. The first-order valence-electron chi connectivity index (χ1n) is 5.44. The largest absolute Gasteiger partial charge is 0.367 e. The minimum atomic E-state index is -0.513. The van der Waals surface area contributed by atoms with Crippen LogP contribution in [-0.4, -0.2) is 26.9 Å². The lowest BCUT2D eigenvalue weighted by molar-refractivity contribution is -0.383. The molecule has 2 aromatic rings. The van der Waals surface area contributed by atoms with Gasteiger partial charge in [-0.3, -0.25) is 10.1 Å². The highest BCUT2D eigenvalue weighted by Gasteiger charge is 2.21. The Morgan fingerprint density at radius 1 is 1.42 bits per heavy atom. The van der Waals surface area contributed by atoms with Gasteiger partial charge in [-0.1, -0.05) is 0 Å². The Balaban J connectivity index is 2.22. The smallest absolute Gasteiger partial charge is 0.353 e. The van der Waals surface area contributed by atoms with Gasteiger partial charge in [0, 0.05) is 18.1 Å². The van der Waals surface area contributed by atoms with Crippen molar-refractivity contribution < 1.29 is 4.92 Å². The van der Waals surface area contributed by atoms with Gasteiger partial charge in [-0.25, -0.2) is 15.0 Å². The average molecular weight is 280 g/mol. The molecule has 8 nitrogen and oxygen atoms in total. The average Bonchev–Trinajstić information content (AvgIpc) is 2.81. The molecule has 2 rings (SSSR count). The maximum atomic E-state index is 11.0. The third-order valence-corrected chi connectivity index (χ3v) is 3.28. The first-order chi connectivity index (χ1) is 9.11. The molecule has 100 valence electrons. The molecule has 0 spiro atoms. The van der Waals surface area contributed by atoms with E-state index in [2.05, 4.69) is 25.6 Å². The summed E-state index contributed by atoms with van der Waals surface area (Å²) in [6, 6.07) is 0. The van der Waals surface area contributed by atoms with Crippen LogP contribution in [-0.2, 0) is 6.54 Å². The second-order valence-electron chi connectivity index (χ2n) is 3.66. The Kier molecular flexibility index (Phi) is 3.85. The topological polar surface area (TPSA) is 106 Å². The van der Waals surface area contributed by atoms with Gasteiger partial charge < -0.3 is 10.6 Å². The van der Waals surface area contributed by atoms with Crippen molar-refractivity contribution in [2.45, 2.75) is 13.5 Å². The Morgan fingerprint density at radius 3 is 2.74 bits per heavy atom. The minimum Gasteiger partial charge on any atom is -0.367 e. The quantitative estimate of drug-likeness (QED) is 0.635. The number of nitrogens with one attached hydrogen (secondary N) is 2. The fraction of sp³-hybridized carbons (Fsp3) is 0.300. The van der Waals surface area contributed by atoms with Gasteiger partial charge in [-0.05, 0) is 6.92 Å². The molecule has 0 radical (unpaired) electrons. The molecule has 0 bridgehead atoms. The molecule has 0 aliphatic rings. The lowest BCUT2D eigenvalue weighted by atomic mass is 10.4. The summed E-state index contributed by atoms with van der Waals surface area (Å²) in [6.45, 7) is 2.28. The molecule has 0 saturated heterocycles. The van der Waals surface area contributed by atoms with E-state index in [9.17, 15) is 10.1 Å². The number of aryl methyl sites for hydroxylation is 1. The van der Waals surface area contributed by atoms with Crippen molar-refractivity contribution >= 4 is 28.7 Å². The minimum absolute atomic E-state index is 0.168. The molecular weight excluding hydrogens is 268 g/mol. The van der Waals surface area contributed by atoms with Crippen LogP contribution >= 0.6 is 11.3 Å². The van der Waals surface area contributed by atoms with Gasteiger partial charge in [0.25, 0.3) is 0 Å². The summed E-state index contributed by atoms with van der Waals surface area (Å²) in [6.07, 6.45) is 1.27. The first-order valence-corrected chi connectivity index (χ1v) is 6.31. The first kappa shape index (κ1) is 13.1. The van der Waals surface area contributed by atoms with E-state index >= 15 is 0 Å². The summed E-state index contributed by atoms with van der Waals surface area (Å²) in [5.74, 6) is 0.357. The third-order valence-electron chi connectivity index (χ3n) is 2.32. The number of nitro groups is 1. The number of nitrogens with zero attached hydrogens (tertiary/aromatic N) is 4. The van der Waals surface area contributed by atoms with Gasteiger partial charge in [0.05, 0.1) is 11.5 Å². The molecule has 19 heavy (non-hydrogen) atoms. The van der Waals surface area contributed by atoms with E-state index in [1.165, 1.54) is 17.7 Å². The van der Waals surface area contributed by atoms with Crippen LogP contribution in [0.5, 0.6) is 0 Å². The fourth-order valence-electron chi connectivity index (χ4n) is 1.51. The lowest BCUT2D eigenvalue weighted by Crippen LogP contribution is -2.08. The zero-order chi connectivity index (χ0) is 13.8. The molecule has 0 saturated carbocycles. The number of thiazole rings is 1. The maximum absolute atomic E-state index is 11.0. The fourth-order valence-corrected chi connectivity index (χ4v) is 2.22. The highest BCUT2D eigenvalue weighted by molar-refractivity contribution is 7.09. The van der Waals surface area contributed by atoms with Crippen molar-refractivity contribution in [2.75, 3.05) is 17.7 Å². The predicted molar refractivity (Wildman–Crippen MR) is 72.4 cm³/mol. The maximum Gasteiger partial charge on any atom is 0.353 e. The molecule has 0 aromatic carbocycles. The molecule has 0 aliphatic heterocycles. The van der Waals surface area contributed by atoms with Crippen LogP contribution in [0.25, 0.3) is 0 Å². The molecule has 0 aliphatic carbocycles. The summed E-state index contributed by atoms with van der Waals surface area (Å²) >= 11 is 1.49. The summed E-state index contributed by atoms with van der Waals surface area (Å²) < 4.78 is 0. The van der Waals surface area contributed by atoms with Gasteiger partial charge >= 0.3 is 5.69 Å². The number of rotatable bonds is 5. The SMILES string of the molecule is CNc1ncnc(NCc2nc(C)cs2)c1[N+](=O)[O-]. The Morgan fingerprint density at radius 2 is 2.16 bits per heavy atom. The summed E-state index contributed by atoms with van der Waals surface area (Å²) in [7, 11) is 1.57. The summed E-state index contributed by atoms with van der Waals surface area (Å²) in [5.41, 5.74) is 0.758.